The van der Waals surface area contributed by atoms with Crippen LogP contribution in [0.4, 0.5) is 0 Å². The molecule has 0 bridgehead atoms. The van der Waals surface area contributed by atoms with Crippen LogP contribution in [0.5, 0.6) is 0 Å². The number of amides is 1. The van der Waals surface area contributed by atoms with Gasteiger partial charge in [0.2, 0.25) is 5.91 Å². The molecular formula is C21H29N3O2. The van der Waals surface area contributed by atoms with Crippen LogP contribution < -0.4 is 10.9 Å². The quantitative estimate of drug-likeness (QED) is 0.801. The molecule has 0 radical (unpaired) electrons. The molecule has 2 N–H and O–H groups in total. The summed E-state index contributed by atoms with van der Waals surface area (Å²) in [5.41, 5.74) is 2.04. The molecule has 1 atom stereocenters. The van der Waals surface area contributed by atoms with Gasteiger partial charge in [0, 0.05) is 23.7 Å². The highest BCUT2D eigenvalue weighted by Crippen LogP contribution is 2.28. The van der Waals surface area contributed by atoms with E-state index in [2.05, 4.69) is 41.3 Å². The van der Waals surface area contributed by atoms with E-state index in [1.165, 1.54) is 5.56 Å². The minimum absolute atomic E-state index is 0.0000296. The molecule has 5 nitrogen and oxygen atoms in total. The minimum Gasteiger partial charge on any atom is -0.353 e. The van der Waals surface area contributed by atoms with Gasteiger partial charge in [-0.15, -0.1) is 0 Å². The average molecular weight is 355 g/mol. The molecular weight excluding hydrogens is 326 g/mol. The molecule has 0 saturated heterocycles. The molecule has 140 valence electrons. The lowest BCUT2D eigenvalue weighted by molar-refractivity contribution is -0.121. The lowest BCUT2D eigenvalue weighted by Gasteiger charge is -2.29. The SMILES string of the molecule is CCc1nc(C)c(CC(=O)NC(C)CC(C)(C)c2ccccc2)c(=O)[nH]1. The fourth-order valence-electron chi connectivity index (χ4n) is 3.35. The maximum Gasteiger partial charge on any atom is 0.254 e. The fraction of sp³-hybridized carbons (Fsp3) is 0.476. The molecule has 0 aliphatic rings. The number of aryl methyl sites for hydroxylation is 2. The van der Waals surface area contributed by atoms with E-state index in [1.807, 2.05) is 32.0 Å². The number of hydrogen-bond donors (Lipinski definition) is 2. The Morgan fingerprint density at radius 1 is 1.27 bits per heavy atom. The third kappa shape index (κ3) is 5.04. The summed E-state index contributed by atoms with van der Waals surface area (Å²) in [6.45, 7) is 10.1. The van der Waals surface area contributed by atoms with Crippen molar-refractivity contribution >= 4 is 5.91 Å². The lowest BCUT2D eigenvalue weighted by atomic mass is 9.79. The number of benzene rings is 1. The van der Waals surface area contributed by atoms with Crippen molar-refractivity contribution in [2.75, 3.05) is 0 Å². The number of H-pyrrole nitrogens is 1. The Hall–Kier alpha value is -2.43. The number of carbonyl (C=O) groups is 1. The van der Waals surface area contributed by atoms with Gasteiger partial charge in [-0.2, -0.15) is 0 Å². The van der Waals surface area contributed by atoms with E-state index in [1.54, 1.807) is 6.92 Å². The Morgan fingerprint density at radius 2 is 1.92 bits per heavy atom. The highest BCUT2D eigenvalue weighted by molar-refractivity contribution is 5.79. The third-order valence-corrected chi connectivity index (χ3v) is 4.72. The van der Waals surface area contributed by atoms with Crippen LogP contribution in [0.3, 0.4) is 0 Å². The number of hydrogen-bond acceptors (Lipinski definition) is 3. The van der Waals surface area contributed by atoms with Crippen molar-refractivity contribution in [2.45, 2.75) is 65.3 Å². The van der Waals surface area contributed by atoms with Crippen LogP contribution in [0.15, 0.2) is 35.1 Å². The Labute approximate surface area is 155 Å². The van der Waals surface area contributed by atoms with Crippen molar-refractivity contribution in [2.24, 2.45) is 0 Å². The number of carbonyl (C=O) groups excluding carboxylic acids is 1. The zero-order valence-electron chi connectivity index (χ0n) is 16.3. The zero-order chi connectivity index (χ0) is 19.3. The first-order valence-electron chi connectivity index (χ1n) is 9.16. The first-order valence-corrected chi connectivity index (χ1v) is 9.16. The summed E-state index contributed by atoms with van der Waals surface area (Å²) < 4.78 is 0. The molecule has 0 fully saturated rings. The first kappa shape index (κ1) is 19.9. The number of rotatable bonds is 7. The van der Waals surface area contributed by atoms with E-state index >= 15 is 0 Å². The second kappa shape index (κ2) is 8.30. The van der Waals surface area contributed by atoms with Gasteiger partial charge in [0.1, 0.15) is 5.82 Å². The van der Waals surface area contributed by atoms with E-state index in [-0.39, 0.29) is 29.3 Å². The minimum atomic E-state index is -0.221. The highest BCUT2D eigenvalue weighted by Gasteiger charge is 2.24. The standard InChI is InChI=1S/C21H29N3O2/c1-6-18-23-15(3)17(20(26)24-18)12-19(25)22-14(2)13-21(4,5)16-10-8-7-9-11-16/h7-11,14H,6,12-13H2,1-5H3,(H,22,25)(H,23,24,26). The largest absolute Gasteiger partial charge is 0.353 e. The summed E-state index contributed by atoms with van der Waals surface area (Å²) in [7, 11) is 0. The van der Waals surface area contributed by atoms with Gasteiger partial charge in [-0.3, -0.25) is 9.59 Å². The van der Waals surface area contributed by atoms with Gasteiger partial charge in [0.25, 0.3) is 5.56 Å². The van der Waals surface area contributed by atoms with Gasteiger partial charge in [-0.1, -0.05) is 51.1 Å². The molecule has 0 aliphatic heterocycles. The molecule has 1 amide bonds. The molecule has 0 spiro atoms. The number of nitrogens with one attached hydrogen (secondary N) is 2. The van der Waals surface area contributed by atoms with E-state index < -0.39 is 0 Å². The zero-order valence-corrected chi connectivity index (χ0v) is 16.3. The summed E-state index contributed by atoms with van der Waals surface area (Å²) in [6, 6.07) is 10.3. The Balaban J connectivity index is 2.01. The monoisotopic (exact) mass is 355 g/mol. The summed E-state index contributed by atoms with van der Waals surface area (Å²) in [5.74, 6) is 0.496. The van der Waals surface area contributed by atoms with Gasteiger partial charge < -0.3 is 10.3 Å². The van der Waals surface area contributed by atoms with Crippen LogP contribution in [-0.2, 0) is 23.1 Å². The molecule has 2 aromatic rings. The second-order valence-corrected chi connectivity index (χ2v) is 7.53. The molecule has 1 heterocycles. The van der Waals surface area contributed by atoms with E-state index in [0.717, 1.165) is 6.42 Å². The van der Waals surface area contributed by atoms with Crippen molar-refractivity contribution < 1.29 is 4.79 Å². The number of aromatic nitrogens is 2. The summed E-state index contributed by atoms with van der Waals surface area (Å²) >= 11 is 0. The summed E-state index contributed by atoms with van der Waals surface area (Å²) in [5, 5.41) is 3.02. The molecule has 2 rings (SSSR count). The number of nitrogens with zero attached hydrogens (tertiary/aromatic N) is 1. The maximum absolute atomic E-state index is 12.4. The van der Waals surface area contributed by atoms with Crippen LogP contribution in [-0.4, -0.2) is 21.9 Å². The summed E-state index contributed by atoms with van der Waals surface area (Å²) in [4.78, 5) is 31.7. The van der Waals surface area contributed by atoms with Crippen molar-refractivity contribution in [1.82, 2.24) is 15.3 Å². The van der Waals surface area contributed by atoms with E-state index in [4.69, 9.17) is 0 Å². The maximum atomic E-state index is 12.4. The Kier molecular flexibility index (Phi) is 6.35. The summed E-state index contributed by atoms with van der Waals surface area (Å²) in [6.07, 6.45) is 1.52. The number of aromatic amines is 1. The highest BCUT2D eigenvalue weighted by atomic mass is 16.2. The Bertz CT molecular complexity index is 810. The normalized spacial score (nSPS) is 12.7. The third-order valence-electron chi connectivity index (χ3n) is 4.72. The van der Waals surface area contributed by atoms with Gasteiger partial charge >= 0.3 is 0 Å². The van der Waals surface area contributed by atoms with Crippen LogP contribution in [0.1, 0.15) is 56.8 Å². The van der Waals surface area contributed by atoms with Crippen LogP contribution >= 0.6 is 0 Å². The first-order chi connectivity index (χ1) is 12.2. The molecule has 1 unspecified atom stereocenters. The van der Waals surface area contributed by atoms with Crippen molar-refractivity contribution in [1.29, 1.82) is 0 Å². The molecule has 1 aromatic carbocycles. The van der Waals surface area contributed by atoms with Gasteiger partial charge in [0.05, 0.1) is 6.42 Å². The predicted molar refractivity (Wildman–Crippen MR) is 104 cm³/mol. The van der Waals surface area contributed by atoms with Crippen LogP contribution in [0, 0.1) is 6.92 Å². The van der Waals surface area contributed by atoms with Gasteiger partial charge in [-0.05, 0) is 31.2 Å². The molecule has 5 heteroatoms. The van der Waals surface area contributed by atoms with Crippen molar-refractivity contribution in [3.63, 3.8) is 0 Å². The Morgan fingerprint density at radius 3 is 2.50 bits per heavy atom. The van der Waals surface area contributed by atoms with Crippen molar-refractivity contribution in [3.05, 3.63) is 63.3 Å². The van der Waals surface area contributed by atoms with E-state index in [9.17, 15) is 9.59 Å². The van der Waals surface area contributed by atoms with Crippen molar-refractivity contribution in [3.8, 4) is 0 Å². The predicted octanol–water partition coefficient (Wildman–Crippen LogP) is 3.06. The second-order valence-electron chi connectivity index (χ2n) is 7.53. The molecule has 0 saturated carbocycles. The smallest absolute Gasteiger partial charge is 0.254 e. The topological polar surface area (TPSA) is 74.8 Å². The van der Waals surface area contributed by atoms with Gasteiger partial charge in [0.15, 0.2) is 0 Å². The molecule has 0 aliphatic carbocycles. The molecule has 1 aromatic heterocycles. The van der Waals surface area contributed by atoms with Crippen LogP contribution in [0.25, 0.3) is 0 Å². The average Bonchev–Trinajstić information content (AvgIpc) is 2.58. The van der Waals surface area contributed by atoms with E-state index in [0.29, 0.717) is 23.5 Å². The lowest BCUT2D eigenvalue weighted by Crippen LogP contribution is -2.39. The van der Waals surface area contributed by atoms with Gasteiger partial charge in [-0.25, -0.2) is 4.98 Å². The van der Waals surface area contributed by atoms with Crippen LogP contribution in [0.2, 0.25) is 0 Å². The fourth-order valence-corrected chi connectivity index (χ4v) is 3.35. The molecule has 26 heavy (non-hydrogen) atoms.